The quantitative estimate of drug-likeness (QED) is 0.606. The van der Waals surface area contributed by atoms with Crippen LogP contribution in [0, 0.1) is 0 Å². The van der Waals surface area contributed by atoms with Crippen molar-refractivity contribution in [3.05, 3.63) is 0 Å². The van der Waals surface area contributed by atoms with E-state index < -0.39 is 6.17 Å². The average Bonchev–Trinajstić information content (AvgIpc) is 2.46. The molecule has 0 saturated carbocycles. The van der Waals surface area contributed by atoms with Crippen molar-refractivity contribution >= 4 is 0 Å². The molecule has 2 saturated heterocycles. The molecule has 2 rings (SSSR count). The van der Waals surface area contributed by atoms with E-state index in [9.17, 15) is 4.39 Å². The van der Waals surface area contributed by atoms with E-state index in [0.29, 0.717) is 19.1 Å². The Kier molecular flexibility index (Phi) is 2.33. The molecule has 0 aromatic carbocycles. The zero-order valence-corrected chi connectivity index (χ0v) is 7.67. The molecule has 70 valence electrons. The molecule has 1 atom stereocenters. The first kappa shape index (κ1) is 8.45. The lowest BCUT2D eigenvalue weighted by Gasteiger charge is -2.39. The fraction of sp³-hybridized carbons (Fsp3) is 1.00. The van der Waals surface area contributed by atoms with Gasteiger partial charge in [0, 0.05) is 25.7 Å². The Labute approximate surface area is 73.3 Å². The van der Waals surface area contributed by atoms with Crippen LogP contribution in [0.2, 0.25) is 0 Å². The summed E-state index contributed by atoms with van der Waals surface area (Å²) in [6.07, 6.45) is 0.696. The minimum absolute atomic E-state index is 0.541. The van der Waals surface area contributed by atoms with Crippen molar-refractivity contribution in [3.8, 4) is 0 Å². The first-order valence-electron chi connectivity index (χ1n) is 4.90. The molecular weight excluding hydrogens is 155 g/mol. The Morgan fingerprint density at radius 2 is 2.08 bits per heavy atom. The summed E-state index contributed by atoms with van der Waals surface area (Å²) in [7, 11) is 0. The Bertz CT molecular complexity index is 157. The van der Waals surface area contributed by atoms with Crippen LogP contribution < -0.4 is 0 Å². The Hall–Kier alpha value is -0.150. The highest BCUT2D eigenvalue weighted by molar-refractivity contribution is 4.90. The molecule has 0 aromatic rings. The summed E-state index contributed by atoms with van der Waals surface area (Å²) < 4.78 is 12.5. The number of hydrogen-bond donors (Lipinski definition) is 0. The van der Waals surface area contributed by atoms with Crippen LogP contribution in [0.25, 0.3) is 0 Å². The van der Waals surface area contributed by atoms with Gasteiger partial charge in [-0.25, -0.2) is 4.39 Å². The lowest BCUT2D eigenvalue weighted by molar-refractivity contribution is 0.0306. The maximum absolute atomic E-state index is 12.5. The van der Waals surface area contributed by atoms with E-state index in [0.717, 1.165) is 13.1 Å². The first-order valence-corrected chi connectivity index (χ1v) is 4.90. The molecule has 0 N–H and O–H groups in total. The van der Waals surface area contributed by atoms with Gasteiger partial charge in [-0.15, -0.1) is 0 Å². The van der Waals surface area contributed by atoms with Gasteiger partial charge in [-0.1, -0.05) is 6.92 Å². The van der Waals surface area contributed by atoms with Crippen molar-refractivity contribution in [3.63, 3.8) is 0 Å². The van der Waals surface area contributed by atoms with Crippen molar-refractivity contribution in [1.82, 2.24) is 9.80 Å². The Balaban J connectivity index is 1.76. The molecule has 0 amide bonds. The molecule has 2 fully saturated rings. The predicted octanol–water partition coefficient (Wildman–Crippen LogP) is 0.734. The molecule has 2 aliphatic rings. The van der Waals surface area contributed by atoms with Crippen LogP contribution >= 0.6 is 0 Å². The number of likely N-dealkylation sites (N-methyl/N-ethyl adjacent to an activating group) is 1. The summed E-state index contributed by atoms with van der Waals surface area (Å²) in [5.74, 6) is 0. The molecule has 0 radical (unpaired) electrons. The van der Waals surface area contributed by atoms with Gasteiger partial charge in [0.1, 0.15) is 6.17 Å². The summed E-state index contributed by atoms with van der Waals surface area (Å²) in [5, 5.41) is 0. The minimum Gasteiger partial charge on any atom is -0.302 e. The maximum atomic E-state index is 12.5. The van der Waals surface area contributed by atoms with Gasteiger partial charge in [-0.2, -0.15) is 0 Å². The highest BCUT2D eigenvalue weighted by Gasteiger charge is 2.35. The Morgan fingerprint density at radius 3 is 2.58 bits per heavy atom. The smallest absolute Gasteiger partial charge is 0.125 e. The van der Waals surface area contributed by atoms with E-state index in [-0.39, 0.29) is 0 Å². The van der Waals surface area contributed by atoms with E-state index >= 15 is 0 Å². The van der Waals surface area contributed by atoms with Crippen LogP contribution in [-0.4, -0.2) is 54.7 Å². The van der Waals surface area contributed by atoms with Crippen LogP contribution in [0.1, 0.15) is 13.3 Å². The third-order valence-corrected chi connectivity index (χ3v) is 3.08. The van der Waals surface area contributed by atoms with Crippen LogP contribution in [0.4, 0.5) is 4.39 Å². The normalized spacial score (nSPS) is 34.0. The minimum atomic E-state index is -0.541. The lowest BCUT2D eigenvalue weighted by atomic mass is 10.1. The molecule has 0 bridgehead atoms. The number of alkyl halides is 1. The van der Waals surface area contributed by atoms with E-state index in [1.807, 2.05) is 0 Å². The highest BCUT2D eigenvalue weighted by Crippen LogP contribution is 2.21. The molecule has 3 heteroatoms. The van der Waals surface area contributed by atoms with E-state index in [2.05, 4.69) is 16.7 Å². The summed E-state index contributed by atoms with van der Waals surface area (Å²) in [6, 6.07) is 0.650. The second kappa shape index (κ2) is 3.30. The maximum Gasteiger partial charge on any atom is 0.125 e. The molecule has 12 heavy (non-hydrogen) atoms. The molecule has 0 unspecified atom stereocenters. The third kappa shape index (κ3) is 1.48. The van der Waals surface area contributed by atoms with Gasteiger partial charge in [-0.3, -0.25) is 4.90 Å². The summed E-state index contributed by atoms with van der Waals surface area (Å²) in [5.41, 5.74) is 0. The van der Waals surface area contributed by atoms with Gasteiger partial charge in [0.05, 0.1) is 0 Å². The average molecular weight is 172 g/mol. The SMILES string of the molecule is CCN1CC[C@H](N2CC(F)C2)C1. The van der Waals surface area contributed by atoms with E-state index in [1.165, 1.54) is 13.0 Å². The monoisotopic (exact) mass is 172 g/mol. The number of rotatable bonds is 2. The van der Waals surface area contributed by atoms with Gasteiger partial charge >= 0.3 is 0 Å². The van der Waals surface area contributed by atoms with Crippen LogP contribution in [0.5, 0.6) is 0 Å². The van der Waals surface area contributed by atoms with Crippen LogP contribution in [0.15, 0.2) is 0 Å². The van der Waals surface area contributed by atoms with Crippen LogP contribution in [-0.2, 0) is 0 Å². The first-order chi connectivity index (χ1) is 5.79. The van der Waals surface area contributed by atoms with Crippen molar-refractivity contribution < 1.29 is 4.39 Å². The Morgan fingerprint density at radius 1 is 1.33 bits per heavy atom. The van der Waals surface area contributed by atoms with Crippen molar-refractivity contribution in [2.45, 2.75) is 25.6 Å². The van der Waals surface area contributed by atoms with Gasteiger partial charge in [0.25, 0.3) is 0 Å². The second-order valence-corrected chi connectivity index (χ2v) is 3.89. The summed E-state index contributed by atoms with van der Waals surface area (Å²) in [4.78, 5) is 4.72. The molecule has 2 heterocycles. The zero-order chi connectivity index (χ0) is 8.55. The second-order valence-electron chi connectivity index (χ2n) is 3.89. The van der Waals surface area contributed by atoms with Crippen molar-refractivity contribution in [1.29, 1.82) is 0 Å². The van der Waals surface area contributed by atoms with Gasteiger partial charge in [0.15, 0.2) is 0 Å². The fourth-order valence-corrected chi connectivity index (χ4v) is 2.15. The highest BCUT2D eigenvalue weighted by atomic mass is 19.1. The summed E-state index contributed by atoms with van der Waals surface area (Å²) >= 11 is 0. The molecule has 0 spiro atoms. The molecule has 0 aliphatic carbocycles. The number of halogens is 1. The molecule has 0 aromatic heterocycles. The van der Waals surface area contributed by atoms with Gasteiger partial charge in [0.2, 0.25) is 0 Å². The summed E-state index contributed by atoms with van der Waals surface area (Å²) in [6.45, 7) is 7.06. The molecule has 2 nitrogen and oxygen atoms in total. The predicted molar refractivity (Wildman–Crippen MR) is 47.0 cm³/mol. The van der Waals surface area contributed by atoms with Crippen molar-refractivity contribution in [2.24, 2.45) is 0 Å². The third-order valence-electron chi connectivity index (χ3n) is 3.08. The molecular formula is C9H17FN2. The van der Waals surface area contributed by atoms with Gasteiger partial charge in [-0.05, 0) is 19.5 Å². The fourth-order valence-electron chi connectivity index (χ4n) is 2.15. The van der Waals surface area contributed by atoms with Crippen molar-refractivity contribution in [2.75, 3.05) is 32.7 Å². The van der Waals surface area contributed by atoms with Crippen LogP contribution in [0.3, 0.4) is 0 Å². The number of likely N-dealkylation sites (tertiary alicyclic amines) is 2. The van der Waals surface area contributed by atoms with E-state index in [4.69, 9.17) is 0 Å². The number of hydrogen-bond acceptors (Lipinski definition) is 2. The molecule has 2 aliphatic heterocycles. The standard InChI is InChI=1S/C9H17FN2/c1-2-11-4-3-9(7-11)12-5-8(10)6-12/h8-9H,2-7H2,1H3/t9-/m0/s1. The lowest BCUT2D eigenvalue weighted by Crippen LogP contribution is -2.54. The van der Waals surface area contributed by atoms with E-state index in [1.54, 1.807) is 0 Å². The zero-order valence-electron chi connectivity index (χ0n) is 7.67. The topological polar surface area (TPSA) is 6.48 Å². The largest absolute Gasteiger partial charge is 0.302 e. The van der Waals surface area contributed by atoms with Gasteiger partial charge < -0.3 is 4.90 Å². The number of nitrogens with zero attached hydrogens (tertiary/aromatic N) is 2.